The van der Waals surface area contributed by atoms with Crippen molar-refractivity contribution < 1.29 is 20.1 Å². The molecule has 0 aromatic heterocycles. The number of hydrogen-bond acceptors (Lipinski definition) is 5. The summed E-state index contributed by atoms with van der Waals surface area (Å²) < 4.78 is 4.81. The van der Waals surface area contributed by atoms with Crippen molar-refractivity contribution in [2.24, 2.45) is 0 Å². The van der Waals surface area contributed by atoms with Crippen LogP contribution in [0.1, 0.15) is 0 Å². The fraction of sp³-hybridized carbons (Fsp3) is 0.625. The Morgan fingerprint density at radius 3 is 2.46 bits per heavy atom. The highest BCUT2D eigenvalue weighted by molar-refractivity contribution is 5.32. The molecule has 0 aromatic carbocycles. The van der Waals surface area contributed by atoms with Gasteiger partial charge in [0.15, 0.2) is 0 Å². The van der Waals surface area contributed by atoms with Crippen molar-refractivity contribution in [1.82, 2.24) is 0 Å². The average molecular weight is 185 g/mol. The third-order valence-electron chi connectivity index (χ3n) is 2.05. The van der Waals surface area contributed by atoms with Gasteiger partial charge in [0.2, 0.25) is 0 Å². The van der Waals surface area contributed by atoms with E-state index < -0.39 is 24.4 Å². The van der Waals surface area contributed by atoms with Crippen LogP contribution >= 0.6 is 0 Å². The number of aliphatic hydroxyl groups excluding tert-OH is 3. The van der Waals surface area contributed by atoms with Crippen LogP contribution in [0.25, 0.3) is 0 Å². The quantitative estimate of drug-likeness (QED) is 0.464. The number of aliphatic hydroxyl groups is 3. The molecule has 1 rings (SSSR count). The minimum atomic E-state index is -1.30. The zero-order valence-corrected chi connectivity index (χ0v) is 7.08. The third-order valence-corrected chi connectivity index (χ3v) is 2.05. The fourth-order valence-electron chi connectivity index (χ4n) is 1.31. The predicted molar refractivity (Wildman–Crippen MR) is 42.5 cm³/mol. The van der Waals surface area contributed by atoms with Crippen LogP contribution in [-0.4, -0.2) is 46.8 Å². The number of nitrogens with zero attached hydrogens (tertiary/aromatic N) is 1. The zero-order chi connectivity index (χ0) is 10.0. The molecule has 0 amide bonds. The summed E-state index contributed by atoms with van der Waals surface area (Å²) in [4.78, 5) is 0. The summed E-state index contributed by atoms with van der Waals surface area (Å²) in [6, 6.07) is 1.79. The Morgan fingerprint density at radius 1 is 1.38 bits per heavy atom. The first-order valence-electron chi connectivity index (χ1n) is 3.80. The molecule has 5 nitrogen and oxygen atoms in total. The molecule has 0 aromatic rings. The van der Waals surface area contributed by atoms with Crippen molar-refractivity contribution in [1.29, 1.82) is 5.26 Å². The topological polar surface area (TPSA) is 93.7 Å². The lowest BCUT2D eigenvalue weighted by molar-refractivity contribution is -0.101. The van der Waals surface area contributed by atoms with Gasteiger partial charge in [0.1, 0.15) is 24.4 Å². The molecule has 72 valence electrons. The van der Waals surface area contributed by atoms with E-state index in [1.54, 1.807) is 6.07 Å². The van der Waals surface area contributed by atoms with E-state index in [4.69, 9.17) is 15.1 Å². The summed E-state index contributed by atoms with van der Waals surface area (Å²) in [6.45, 7) is 0. The summed E-state index contributed by atoms with van der Waals surface area (Å²) in [7, 11) is 1.32. The van der Waals surface area contributed by atoms with Gasteiger partial charge in [0.05, 0.1) is 11.6 Å². The van der Waals surface area contributed by atoms with Crippen LogP contribution < -0.4 is 0 Å². The van der Waals surface area contributed by atoms with Crippen LogP contribution in [0, 0.1) is 11.3 Å². The van der Waals surface area contributed by atoms with E-state index in [1.807, 2.05) is 0 Å². The maximum absolute atomic E-state index is 9.38. The molecule has 0 heterocycles. The minimum Gasteiger partial charge on any atom is -0.387 e. The number of nitriles is 1. The fourth-order valence-corrected chi connectivity index (χ4v) is 1.31. The van der Waals surface area contributed by atoms with Gasteiger partial charge >= 0.3 is 0 Å². The Hall–Kier alpha value is -0.930. The SMILES string of the molecule is COC1C(C#N)=CC(O)C(O)C1O. The molecule has 3 N–H and O–H groups in total. The summed E-state index contributed by atoms with van der Waals surface area (Å²) in [6.07, 6.45) is -3.45. The molecule has 1 aliphatic carbocycles. The molecule has 4 atom stereocenters. The zero-order valence-electron chi connectivity index (χ0n) is 7.08. The van der Waals surface area contributed by atoms with E-state index in [2.05, 4.69) is 0 Å². The van der Waals surface area contributed by atoms with Gasteiger partial charge in [-0.05, 0) is 6.08 Å². The highest BCUT2D eigenvalue weighted by Crippen LogP contribution is 2.21. The number of rotatable bonds is 1. The van der Waals surface area contributed by atoms with Crippen LogP contribution in [0.3, 0.4) is 0 Å². The van der Waals surface area contributed by atoms with E-state index in [0.717, 1.165) is 0 Å². The number of ether oxygens (including phenoxy) is 1. The normalized spacial score (nSPS) is 39.5. The first-order valence-corrected chi connectivity index (χ1v) is 3.80. The Bertz CT molecular complexity index is 257. The maximum atomic E-state index is 9.38. The van der Waals surface area contributed by atoms with Crippen LogP contribution in [-0.2, 0) is 4.74 Å². The van der Waals surface area contributed by atoms with Crippen LogP contribution in [0.4, 0.5) is 0 Å². The molecular formula is C8H11NO4. The smallest absolute Gasteiger partial charge is 0.120 e. The second-order valence-electron chi connectivity index (χ2n) is 2.86. The largest absolute Gasteiger partial charge is 0.387 e. The Labute approximate surface area is 75.5 Å². The summed E-state index contributed by atoms with van der Waals surface area (Å²) >= 11 is 0. The molecule has 0 radical (unpaired) electrons. The summed E-state index contributed by atoms with van der Waals surface area (Å²) in [5.74, 6) is 0. The number of methoxy groups -OCH3 is 1. The van der Waals surface area contributed by atoms with Crippen molar-refractivity contribution in [2.45, 2.75) is 24.4 Å². The van der Waals surface area contributed by atoms with Crippen LogP contribution in [0.5, 0.6) is 0 Å². The Morgan fingerprint density at radius 2 is 2.00 bits per heavy atom. The first kappa shape index (κ1) is 10.2. The molecule has 0 saturated carbocycles. The predicted octanol–water partition coefficient (Wildman–Crippen LogP) is -1.45. The van der Waals surface area contributed by atoms with E-state index >= 15 is 0 Å². The highest BCUT2D eigenvalue weighted by atomic mass is 16.5. The van der Waals surface area contributed by atoms with Gasteiger partial charge in [0.25, 0.3) is 0 Å². The van der Waals surface area contributed by atoms with E-state index in [9.17, 15) is 10.2 Å². The molecule has 5 heteroatoms. The molecule has 0 bridgehead atoms. The second kappa shape index (κ2) is 3.85. The van der Waals surface area contributed by atoms with Gasteiger partial charge in [-0.25, -0.2) is 0 Å². The molecule has 0 saturated heterocycles. The molecule has 13 heavy (non-hydrogen) atoms. The number of hydrogen-bond donors (Lipinski definition) is 3. The third kappa shape index (κ3) is 1.71. The lowest BCUT2D eigenvalue weighted by Crippen LogP contribution is -2.48. The summed E-state index contributed by atoms with van der Waals surface area (Å²) in [5.41, 5.74) is 0.132. The molecular weight excluding hydrogens is 174 g/mol. The summed E-state index contributed by atoms with van der Waals surface area (Å²) in [5, 5.41) is 36.4. The van der Waals surface area contributed by atoms with Crippen molar-refractivity contribution in [2.75, 3.05) is 7.11 Å². The molecule has 0 fully saturated rings. The average Bonchev–Trinajstić information content (AvgIpc) is 2.13. The first-order chi connectivity index (χ1) is 6.11. The van der Waals surface area contributed by atoms with Crippen LogP contribution in [0.2, 0.25) is 0 Å². The molecule has 1 aliphatic rings. The van der Waals surface area contributed by atoms with Gasteiger partial charge < -0.3 is 20.1 Å². The Kier molecular flexibility index (Phi) is 3.01. The van der Waals surface area contributed by atoms with Crippen molar-refractivity contribution in [3.63, 3.8) is 0 Å². The monoisotopic (exact) mass is 185 g/mol. The van der Waals surface area contributed by atoms with E-state index in [1.165, 1.54) is 13.2 Å². The van der Waals surface area contributed by atoms with Gasteiger partial charge in [-0.1, -0.05) is 0 Å². The molecule has 4 unspecified atom stereocenters. The second-order valence-corrected chi connectivity index (χ2v) is 2.86. The van der Waals surface area contributed by atoms with Gasteiger partial charge in [-0.2, -0.15) is 5.26 Å². The van der Waals surface area contributed by atoms with Gasteiger partial charge in [-0.15, -0.1) is 0 Å². The molecule has 0 aliphatic heterocycles. The van der Waals surface area contributed by atoms with E-state index in [-0.39, 0.29) is 5.57 Å². The minimum absolute atomic E-state index is 0.132. The van der Waals surface area contributed by atoms with Gasteiger partial charge in [-0.3, -0.25) is 0 Å². The van der Waals surface area contributed by atoms with Crippen molar-refractivity contribution >= 4 is 0 Å². The lowest BCUT2D eigenvalue weighted by Gasteiger charge is -2.31. The van der Waals surface area contributed by atoms with Crippen molar-refractivity contribution in [3.8, 4) is 6.07 Å². The van der Waals surface area contributed by atoms with Crippen molar-refractivity contribution in [3.05, 3.63) is 11.6 Å². The molecule has 0 spiro atoms. The Balaban J connectivity index is 2.96. The highest BCUT2D eigenvalue weighted by Gasteiger charge is 2.37. The van der Waals surface area contributed by atoms with Gasteiger partial charge in [0, 0.05) is 7.11 Å². The standard InChI is InChI=1S/C8H11NO4/c1-13-8-4(3-9)2-5(10)6(11)7(8)12/h2,5-8,10-12H,1H3. The van der Waals surface area contributed by atoms with E-state index in [0.29, 0.717) is 0 Å². The maximum Gasteiger partial charge on any atom is 0.120 e. The lowest BCUT2D eigenvalue weighted by atomic mass is 9.90. The van der Waals surface area contributed by atoms with Crippen LogP contribution in [0.15, 0.2) is 11.6 Å².